The maximum atomic E-state index is 10.8. The maximum absolute atomic E-state index is 10.8. The normalized spacial score (nSPS) is 15.1. The van der Waals surface area contributed by atoms with Crippen molar-refractivity contribution in [3.05, 3.63) is 10.6 Å². The first-order valence-corrected chi connectivity index (χ1v) is 6.73. The van der Waals surface area contributed by atoms with Gasteiger partial charge in [0.2, 0.25) is 0 Å². The molecule has 0 N–H and O–H groups in total. The summed E-state index contributed by atoms with van der Waals surface area (Å²) in [5.41, 5.74) is 0.868. The van der Waals surface area contributed by atoms with Crippen molar-refractivity contribution in [2.75, 3.05) is 18.0 Å². The van der Waals surface area contributed by atoms with Crippen LogP contribution in [0.4, 0.5) is 5.13 Å². The summed E-state index contributed by atoms with van der Waals surface area (Å²) in [5.74, 6) is 0.857. The van der Waals surface area contributed by atoms with Crippen LogP contribution in [0.5, 0.6) is 0 Å². The van der Waals surface area contributed by atoms with E-state index in [9.17, 15) is 4.79 Å². The molecule has 16 heavy (non-hydrogen) atoms. The smallest absolute Gasteiger partial charge is 0.186 e. The van der Waals surface area contributed by atoms with Crippen molar-refractivity contribution in [1.82, 2.24) is 4.98 Å². The van der Waals surface area contributed by atoms with Crippen LogP contribution in [-0.4, -0.2) is 24.4 Å². The van der Waals surface area contributed by atoms with Gasteiger partial charge in [0.05, 0.1) is 10.6 Å². The van der Waals surface area contributed by atoms with E-state index in [-0.39, 0.29) is 0 Å². The van der Waals surface area contributed by atoms with Gasteiger partial charge in [-0.2, -0.15) is 0 Å². The van der Waals surface area contributed by atoms with Gasteiger partial charge < -0.3 is 4.90 Å². The SMILES string of the molecule is CCCN(CC1CC1)c1nc(C)c(C=O)s1. The number of thiazole rings is 1. The first-order chi connectivity index (χ1) is 7.74. The number of hydrogen-bond acceptors (Lipinski definition) is 4. The minimum absolute atomic E-state index is 0.770. The van der Waals surface area contributed by atoms with E-state index < -0.39 is 0 Å². The van der Waals surface area contributed by atoms with E-state index in [1.165, 1.54) is 24.2 Å². The summed E-state index contributed by atoms with van der Waals surface area (Å²) < 4.78 is 0. The molecule has 0 aliphatic heterocycles. The average molecular weight is 238 g/mol. The Morgan fingerprint density at radius 1 is 1.56 bits per heavy atom. The summed E-state index contributed by atoms with van der Waals surface area (Å²) >= 11 is 1.52. The molecular weight excluding hydrogens is 220 g/mol. The first kappa shape index (κ1) is 11.6. The third-order valence-electron chi connectivity index (χ3n) is 2.87. The van der Waals surface area contributed by atoms with Crippen molar-refractivity contribution in [3.8, 4) is 0 Å². The number of carbonyl (C=O) groups excluding carboxylic acids is 1. The highest BCUT2D eigenvalue weighted by atomic mass is 32.1. The predicted octanol–water partition coefficient (Wildman–Crippen LogP) is 2.89. The van der Waals surface area contributed by atoms with Crippen LogP contribution in [0.3, 0.4) is 0 Å². The van der Waals surface area contributed by atoms with Gasteiger partial charge in [0.15, 0.2) is 11.4 Å². The monoisotopic (exact) mass is 238 g/mol. The number of rotatable bonds is 6. The van der Waals surface area contributed by atoms with E-state index in [0.29, 0.717) is 0 Å². The molecule has 0 saturated heterocycles. The Morgan fingerprint density at radius 3 is 2.81 bits per heavy atom. The van der Waals surface area contributed by atoms with Gasteiger partial charge in [0.1, 0.15) is 0 Å². The molecule has 4 heteroatoms. The second-order valence-electron chi connectivity index (χ2n) is 4.45. The van der Waals surface area contributed by atoms with Gasteiger partial charge >= 0.3 is 0 Å². The largest absolute Gasteiger partial charge is 0.348 e. The van der Waals surface area contributed by atoms with Crippen molar-refractivity contribution >= 4 is 22.8 Å². The van der Waals surface area contributed by atoms with Crippen molar-refractivity contribution in [1.29, 1.82) is 0 Å². The van der Waals surface area contributed by atoms with Crippen LogP contribution in [0, 0.1) is 12.8 Å². The number of anilines is 1. The third-order valence-corrected chi connectivity index (χ3v) is 4.01. The molecule has 1 fully saturated rings. The molecule has 0 atom stereocenters. The fourth-order valence-corrected chi connectivity index (χ4v) is 2.70. The van der Waals surface area contributed by atoms with Crippen molar-refractivity contribution in [2.24, 2.45) is 5.92 Å². The molecule has 2 rings (SSSR count). The predicted molar refractivity (Wildman–Crippen MR) is 67.5 cm³/mol. The number of hydrogen-bond donors (Lipinski definition) is 0. The van der Waals surface area contributed by atoms with Crippen LogP contribution in [0.2, 0.25) is 0 Å². The molecule has 1 aliphatic rings. The molecule has 0 aromatic carbocycles. The van der Waals surface area contributed by atoms with Gasteiger partial charge in [-0.3, -0.25) is 4.79 Å². The number of aryl methyl sites for hydroxylation is 1. The Bertz CT molecular complexity index is 371. The molecule has 1 heterocycles. The molecule has 88 valence electrons. The summed E-state index contributed by atoms with van der Waals surface area (Å²) in [6.07, 6.45) is 4.75. The molecule has 0 spiro atoms. The zero-order valence-corrected chi connectivity index (χ0v) is 10.7. The second-order valence-corrected chi connectivity index (χ2v) is 5.46. The topological polar surface area (TPSA) is 33.2 Å². The third kappa shape index (κ3) is 2.61. The summed E-state index contributed by atoms with van der Waals surface area (Å²) in [4.78, 5) is 18.4. The number of carbonyl (C=O) groups is 1. The van der Waals surface area contributed by atoms with Crippen molar-refractivity contribution < 1.29 is 4.79 Å². The summed E-state index contributed by atoms with van der Waals surface area (Å²) in [6.45, 7) is 6.24. The van der Waals surface area contributed by atoms with Gasteiger partial charge in [0, 0.05) is 13.1 Å². The van der Waals surface area contributed by atoms with Gasteiger partial charge in [-0.1, -0.05) is 18.3 Å². The van der Waals surface area contributed by atoms with Crippen molar-refractivity contribution in [2.45, 2.75) is 33.1 Å². The molecule has 1 aliphatic carbocycles. The minimum atomic E-state index is 0.770. The molecule has 1 aromatic rings. The van der Waals surface area contributed by atoms with E-state index >= 15 is 0 Å². The minimum Gasteiger partial charge on any atom is -0.348 e. The molecule has 0 unspecified atom stereocenters. The number of nitrogens with zero attached hydrogens (tertiary/aromatic N) is 2. The molecule has 3 nitrogen and oxygen atoms in total. The fraction of sp³-hybridized carbons (Fsp3) is 0.667. The zero-order valence-electron chi connectivity index (χ0n) is 9.90. The number of aromatic nitrogens is 1. The van der Waals surface area contributed by atoms with Gasteiger partial charge in [-0.15, -0.1) is 0 Å². The standard InChI is InChI=1S/C12H18N2OS/c1-3-6-14(7-10-4-5-10)12-13-9(2)11(8-15)16-12/h8,10H,3-7H2,1-2H3. The van der Waals surface area contributed by atoms with E-state index in [4.69, 9.17) is 0 Å². The lowest BCUT2D eigenvalue weighted by molar-refractivity contribution is 0.112. The molecule has 0 amide bonds. The Balaban J connectivity index is 2.12. The molecule has 1 saturated carbocycles. The Kier molecular flexibility index (Phi) is 3.59. The maximum Gasteiger partial charge on any atom is 0.186 e. The van der Waals surface area contributed by atoms with E-state index in [1.54, 1.807) is 0 Å². The van der Waals surface area contributed by atoms with E-state index in [1.807, 2.05) is 6.92 Å². The molecular formula is C12H18N2OS. The van der Waals surface area contributed by atoms with Crippen LogP contribution in [0.25, 0.3) is 0 Å². The average Bonchev–Trinajstić information content (AvgIpc) is 3.00. The highest BCUT2D eigenvalue weighted by molar-refractivity contribution is 7.17. The van der Waals surface area contributed by atoms with Gasteiger partial charge in [-0.25, -0.2) is 4.98 Å². The van der Waals surface area contributed by atoms with Crippen LogP contribution >= 0.6 is 11.3 Å². The summed E-state index contributed by atoms with van der Waals surface area (Å²) in [5, 5.41) is 1.02. The van der Waals surface area contributed by atoms with Crippen LogP contribution in [0.1, 0.15) is 41.6 Å². The zero-order chi connectivity index (χ0) is 11.5. The Hall–Kier alpha value is -0.900. The van der Waals surface area contributed by atoms with Crippen molar-refractivity contribution in [3.63, 3.8) is 0 Å². The summed E-state index contributed by atoms with van der Waals surface area (Å²) in [7, 11) is 0. The Labute approximate surface area is 100 Å². The Morgan fingerprint density at radius 2 is 2.31 bits per heavy atom. The fourth-order valence-electron chi connectivity index (χ4n) is 1.79. The van der Waals surface area contributed by atoms with Crippen LogP contribution in [0.15, 0.2) is 0 Å². The molecule has 0 radical (unpaired) electrons. The summed E-state index contributed by atoms with van der Waals surface area (Å²) in [6, 6.07) is 0. The second kappa shape index (κ2) is 4.95. The highest BCUT2D eigenvalue weighted by Crippen LogP contribution is 2.33. The quantitative estimate of drug-likeness (QED) is 0.714. The lowest BCUT2D eigenvalue weighted by Crippen LogP contribution is -2.26. The molecule has 0 bridgehead atoms. The van der Waals surface area contributed by atoms with Crippen LogP contribution < -0.4 is 4.90 Å². The van der Waals surface area contributed by atoms with Gasteiger partial charge in [0.25, 0.3) is 0 Å². The number of aldehydes is 1. The first-order valence-electron chi connectivity index (χ1n) is 5.92. The van der Waals surface area contributed by atoms with E-state index in [2.05, 4.69) is 16.8 Å². The molecule has 1 aromatic heterocycles. The highest BCUT2D eigenvalue weighted by Gasteiger charge is 2.25. The lowest BCUT2D eigenvalue weighted by atomic mass is 10.3. The van der Waals surface area contributed by atoms with E-state index in [0.717, 1.165) is 47.4 Å². The lowest BCUT2D eigenvalue weighted by Gasteiger charge is -2.20. The van der Waals surface area contributed by atoms with Gasteiger partial charge in [-0.05, 0) is 32.1 Å². The van der Waals surface area contributed by atoms with Crippen LogP contribution in [-0.2, 0) is 0 Å².